The molecule has 0 aliphatic carbocycles. The van der Waals surface area contributed by atoms with Gasteiger partial charge in [0.15, 0.2) is 0 Å². The van der Waals surface area contributed by atoms with E-state index in [1.165, 1.54) is 25.7 Å². The first-order chi connectivity index (χ1) is 15.8. The van der Waals surface area contributed by atoms with Crippen molar-refractivity contribution in [3.63, 3.8) is 0 Å². The molecule has 33 heavy (non-hydrogen) atoms. The molecule has 0 saturated heterocycles. The molecule has 0 aliphatic rings. The third-order valence-corrected chi connectivity index (χ3v) is 5.75. The van der Waals surface area contributed by atoms with Crippen molar-refractivity contribution >= 4 is 23.8 Å². The van der Waals surface area contributed by atoms with Crippen LogP contribution in [0.25, 0.3) is 0 Å². The Kier molecular flexibility index (Phi) is 20.3. The van der Waals surface area contributed by atoms with Gasteiger partial charge in [0, 0.05) is 32.4 Å². The Bertz CT molecular complexity index is 553. The van der Waals surface area contributed by atoms with Gasteiger partial charge in [0.2, 0.25) is 11.8 Å². The molecule has 0 saturated carbocycles. The van der Waals surface area contributed by atoms with E-state index in [-0.39, 0.29) is 24.2 Å². The Balaban J connectivity index is 3.36. The molecule has 0 radical (unpaired) electrons. The summed E-state index contributed by atoms with van der Waals surface area (Å²) in [5.74, 6) is -1.82. The van der Waals surface area contributed by atoms with E-state index in [0.29, 0.717) is 38.8 Å². The zero-order chi connectivity index (χ0) is 24.7. The lowest BCUT2D eigenvalue weighted by molar-refractivity contribution is -0.141. The van der Waals surface area contributed by atoms with Crippen LogP contribution in [0.2, 0.25) is 0 Å². The minimum atomic E-state index is -0.782. The second-order valence-electron chi connectivity index (χ2n) is 8.97. The highest BCUT2D eigenvalue weighted by molar-refractivity contribution is 5.77. The molecule has 0 fully saturated rings. The van der Waals surface area contributed by atoms with Crippen LogP contribution in [0, 0.1) is 5.92 Å². The molecule has 0 aliphatic heterocycles. The predicted molar refractivity (Wildman–Crippen MR) is 129 cm³/mol. The molecule has 0 aromatic heterocycles. The van der Waals surface area contributed by atoms with Crippen LogP contribution in [0.15, 0.2) is 0 Å². The Morgan fingerprint density at radius 2 is 1.00 bits per heavy atom. The SMILES string of the molecule is C[C@@H](CCCCNC(=O)CCCNC(=O)CCCCCCCCCCCCC(=O)O)C(=O)O. The maximum absolute atomic E-state index is 11.8. The topological polar surface area (TPSA) is 133 Å². The van der Waals surface area contributed by atoms with E-state index in [1.54, 1.807) is 6.92 Å². The van der Waals surface area contributed by atoms with E-state index in [1.807, 2.05) is 0 Å². The van der Waals surface area contributed by atoms with Crippen molar-refractivity contribution in [1.29, 1.82) is 0 Å². The van der Waals surface area contributed by atoms with Gasteiger partial charge in [-0.25, -0.2) is 0 Å². The van der Waals surface area contributed by atoms with Crippen molar-refractivity contribution in [1.82, 2.24) is 10.6 Å². The van der Waals surface area contributed by atoms with E-state index in [2.05, 4.69) is 10.6 Å². The Morgan fingerprint density at radius 1 is 0.576 bits per heavy atom. The van der Waals surface area contributed by atoms with Crippen LogP contribution in [0.5, 0.6) is 0 Å². The van der Waals surface area contributed by atoms with E-state index >= 15 is 0 Å². The number of amides is 2. The lowest BCUT2D eigenvalue weighted by Gasteiger charge is -2.08. The Labute approximate surface area is 199 Å². The lowest BCUT2D eigenvalue weighted by atomic mass is 10.0. The van der Waals surface area contributed by atoms with Gasteiger partial charge >= 0.3 is 11.9 Å². The van der Waals surface area contributed by atoms with Crippen molar-refractivity contribution < 1.29 is 29.4 Å². The van der Waals surface area contributed by atoms with E-state index in [0.717, 1.165) is 51.4 Å². The number of carbonyl (C=O) groups excluding carboxylic acids is 2. The fraction of sp³-hybridized carbons (Fsp3) is 0.840. The highest BCUT2D eigenvalue weighted by Crippen LogP contribution is 2.12. The standard InChI is InChI=1S/C25H46N2O6/c1-21(25(32)33)15-12-13-19-26-23(29)17-14-20-27-22(28)16-10-8-6-4-2-3-5-7-9-11-18-24(30)31/h21H,2-20H2,1H3,(H,26,29)(H,27,28)(H,30,31)(H,32,33)/t21-/m0/s1. The van der Waals surface area contributed by atoms with Crippen LogP contribution in [-0.4, -0.2) is 47.1 Å². The third-order valence-electron chi connectivity index (χ3n) is 5.75. The maximum Gasteiger partial charge on any atom is 0.306 e. The Hall–Kier alpha value is -2.12. The van der Waals surface area contributed by atoms with Crippen molar-refractivity contribution in [3.05, 3.63) is 0 Å². The summed E-state index contributed by atoms with van der Waals surface area (Å²) in [6.45, 7) is 2.76. The number of unbranched alkanes of at least 4 members (excludes halogenated alkanes) is 10. The average molecular weight is 471 g/mol. The highest BCUT2D eigenvalue weighted by atomic mass is 16.4. The minimum absolute atomic E-state index is 0.0317. The molecular formula is C25H46N2O6. The number of carboxylic acid groups (broad SMARTS) is 2. The van der Waals surface area contributed by atoms with E-state index in [4.69, 9.17) is 10.2 Å². The van der Waals surface area contributed by atoms with Crippen LogP contribution in [0.3, 0.4) is 0 Å². The van der Waals surface area contributed by atoms with Crippen molar-refractivity contribution in [3.8, 4) is 0 Å². The van der Waals surface area contributed by atoms with Crippen LogP contribution in [0.1, 0.15) is 116 Å². The van der Waals surface area contributed by atoms with Crippen molar-refractivity contribution in [2.75, 3.05) is 13.1 Å². The summed E-state index contributed by atoms with van der Waals surface area (Å²) in [5, 5.41) is 23.1. The van der Waals surface area contributed by atoms with E-state index < -0.39 is 11.9 Å². The first-order valence-electron chi connectivity index (χ1n) is 12.8. The van der Waals surface area contributed by atoms with Gasteiger partial charge in [-0.05, 0) is 32.1 Å². The van der Waals surface area contributed by atoms with Crippen LogP contribution in [-0.2, 0) is 19.2 Å². The van der Waals surface area contributed by atoms with Gasteiger partial charge < -0.3 is 20.8 Å². The number of carbonyl (C=O) groups is 4. The molecule has 0 aromatic carbocycles. The molecule has 1 atom stereocenters. The number of rotatable bonds is 23. The van der Waals surface area contributed by atoms with E-state index in [9.17, 15) is 19.2 Å². The quantitative estimate of drug-likeness (QED) is 0.161. The monoisotopic (exact) mass is 470 g/mol. The zero-order valence-electron chi connectivity index (χ0n) is 20.5. The molecule has 0 unspecified atom stereocenters. The molecule has 0 aromatic rings. The molecule has 8 heteroatoms. The molecule has 0 rings (SSSR count). The van der Waals surface area contributed by atoms with Gasteiger partial charge in [-0.1, -0.05) is 64.7 Å². The van der Waals surface area contributed by atoms with Gasteiger partial charge in [0.1, 0.15) is 0 Å². The number of hydrogen-bond acceptors (Lipinski definition) is 4. The molecule has 0 heterocycles. The summed E-state index contributed by atoms with van der Waals surface area (Å²) in [4.78, 5) is 44.8. The van der Waals surface area contributed by atoms with Crippen molar-refractivity contribution in [2.45, 2.75) is 116 Å². The summed E-state index contributed by atoms with van der Waals surface area (Å²) in [5.41, 5.74) is 0. The number of nitrogens with one attached hydrogen (secondary N) is 2. The number of hydrogen-bond donors (Lipinski definition) is 4. The summed E-state index contributed by atoms with van der Waals surface area (Å²) < 4.78 is 0. The van der Waals surface area contributed by atoms with Gasteiger partial charge in [-0.15, -0.1) is 0 Å². The predicted octanol–water partition coefficient (Wildman–Crippen LogP) is 4.66. The highest BCUT2D eigenvalue weighted by Gasteiger charge is 2.09. The summed E-state index contributed by atoms with van der Waals surface area (Å²) in [6, 6.07) is 0. The lowest BCUT2D eigenvalue weighted by Crippen LogP contribution is -2.27. The molecule has 0 bridgehead atoms. The van der Waals surface area contributed by atoms with Gasteiger partial charge in [0.05, 0.1) is 5.92 Å². The van der Waals surface area contributed by atoms with Crippen LogP contribution < -0.4 is 10.6 Å². The fourth-order valence-corrected chi connectivity index (χ4v) is 3.56. The second kappa shape index (κ2) is 21.7. The van der Waals surface area contributed by atoms with Crippen LogP contribution >= 0.6 is 0 Å². The summed E-state index contributed by atoms with van der Waals surface area (Å²) in [7, 11) is 0. The van der Waals surface area contributed by atoms with Gasteiger partial charge in [-0.3, -0.25) is 19.2 Å². The molecule has 4 N–H and O–H groups in total. The minimum Gasteiger partial charge on any atom is -0.481 e. The fourth-order valence-electron chi connectivity index (χ4n) is 3.56. The summed E-state index contributed by atoms with van der Waals surface area (Å²) in [6.07, 6.45) is 14.7. The van der Waals surface area contributed by atoms with Crippen molar-refractivity contribution in [2.24, 2.45) is 5.92 Å². The maximum atomic E-state index is 11.8. The second-order valence-corrected chi connectivity index (χ2v) is 8.97. The normalized spacial score (nSPS) is 11.7. The molecule has 2 amide bonds. The third kappa shape index (κ3) is 22.9. The molecular weight excluding hydrogens is 424 g/mol. The molecule has 8 nitrogen and oxygen atoms in total. The van der Waals surface area contributed by atoms with Crippen LogP contribution in [0.4, 0.5) is 0 Å². The number of aliphatic carboxylic acids is 2. The average Bonchev–Trinajstić information content (AvgIpc) is 2.76. The number of carboxylic acids is 2. The molecule has 192 valence electrons. The Morgan fingerprint density at radius 3 is 1.48 bits per heavy atom. The molecule has 0 spiro atoms. The van der Waals surface area contributed by atoms with Gasteiger partial charge in [0.25, 0.3) is 0 Å². The summed E-state index contributed by atoms with van der Waals surface area (Å²) >= 11 is 0. The smallest absolute Gasteiger partial charge is 0.306 e. The zero-order valence-corrected chi connectivity index (χ0v) is 20.5. The first kappa shape index (κ1) is 30.9. The largest absolute Gasteiger partial charge is 0.481 e. The van der Waals surface area contributed by atoms with Gasteiger partial charge in [-0.2, -0.15) is 0 Å². The first-order valence-corrected chi connectivity index (χ1v) is 12.8.